The van der Waals surface area contributed by atoms with Crippen LogP contribution in [0, 0.1) is 0 Å². The van der Waals surface area contributed by atoms with Crippen molar-refractivity contribution in [3.8, 4) is 0 Å². The maximum atomic E-state index is 12.0. The molecule has 5 nitrogen and oxygen atoms in total. The summed E-state index contributed by atoms with van der Waals surface area (Å²) in [5.41, 5.74) is 4.95. The Labute approximate surface area is 118 Å². The van der Waals surface area contributed by atoms with Crippen LogP contribution >= 0.6 is 0 Å². The fourth-order valence-corrected chi connectivity index (χ4v) is 1.86. The van der Waals surface area contributed by atoms with Crippen molar-refractivity contribution in [2.45, 2.75) is 19.8 Å². The number of hydrazine groups is 1. The second-order valence-corrected chi connectivity index (χ2v) is 4.48. The Morgan fingerprint density at radius 2 is 1.95 bits per heavy atom. The van der Waals surface area contributed by atoms with E-state index in [-0.39, 0.29) is 5.91 Å². The number of carbonyl (C=O) groups is 1. The van der Waals surface area contributed by atoms with Crippen LogP contribution in [0.3, 0.4) is 0 Å². The van der Waals surface area contributed by atoms with Crippen LogP contribution in [0.5, 0.6) is 0 Å². The monoisotopic (exact) mass is 270 g/mol. The van der Waals surface area contributed by atoms with Gasteiger partial charge < -0.3 is 10.7 Å². The molecule has 0 fully saturated rings. The molecule has 1 aromatic heterocycles. The van der Waals surface area contributed by atoms with Crippen LogP contribution in [0.2, 0.25) is 0 Å². The number of rotatable bonds is 5. The van der Waals surface area contributed by atoms with Gasteiger partial charge in [0, 0.05) is 11.9 Å². The number of carbonyl (C=O) groups excluding carboxylic acids is 1. The predicted molar refractivity (Wildman–Crippen MR) is 80.4 cm³/mol. The molecular weight excluding hydrogens is 252 g/mol. The molecule has 5 heteroatoms. The summed E-state index contributed by atoms with van der Waals surface area (Å²) in [7, 11) is 0. The van der Waals surface area contributed by atoms with E-state index >= 15 is 0 Å². The largest absolute Gasteiger partial charge is 0.322 e. The first kappa shape index (κ1) is 14.0. The van der Waals surface area contributed by atoms with E-state index in [1.54, 1.807) is 12.1 Å². The Bertz CT molecular complexity index is 563. The lowest BCUT2D eigenvalue weighted by atomic mass is 10.1. The van der Waals surface area contributed by atoms with Crippen molar-refractivity contribution in [1.29, 1.82) is 0 Å². The zero-order valence-electron chi connectivity index (χ0n) is 11.4. The lowest BCUT2D eigenvalue weighted by Crippen LogP contribution is -2.13. The molecule has 0 saturated heterocycles. The van der Waals surface area contributed by atoms with Crippen molar-refractivity contribution in [2.24, 2.45) is 5.84 Å². The van der Waals surface area contributed by atoms with Crippen LogP contribution in [0.1, 0.15) is 29.3 Å². The number of nitrogen functional groups attached to an aromatic ring is 1. The van der Waals surface area contributed by atoms with Gasteiger partial charge in [0.05, 0.1) is 5.56 Å². The molecule has 0 saturated carbocycles. The zero-order chi connectivity index (χ0) is 14.4. The third-order valence-corrected chi connectivity index (χ3v) is 2.92. The summed E-state index contributed by atoms with van der Waals surface area (Å²) in [6.45, 7) is 2.14. The molecular formula is C15H18N4O. The van der Waals surface area contributed by atoms with Crippen LogP contribution in [0.25, 0.3) is 0 Å². The molecule has 20 heavy (non-hydrogen) atoms. The second-order valence-electron chi connectivity index (χ2n) is 4.48. The maximum absolute atomic E-state index is 12.0. The quantitative estimate of drug-likeness (QED) is 0.576. The van der Waals surface area contributed by atoms with Crippen molar-refractivity contribution in [1.82, 2.24) is 4.98 Å². The summed E-state index contributed by atoms with van der Waals surface area (Å²) >= 11 is 0. The average Bonchev–Trinajstić information content (AvgIpc) is 2.49. The molecule has 1 heterocycles. The van der Waals surface area contributed by atoms with Gasteiger partial charge in [-0.25, -0.2) is 10.8 Å². The van der Waals surface area contributed by atoms with E-state index in [0.717, 1.165) is 18.5 Å². The third kappa shape index (κ3) is 3.55. The van der Waals surface area contributed by atoms with Crippen LogP contribution < -0.4 is 16.6 Å². The highest BCUT2D eigenvalue weighted by molar-refractivity contribution is 6.04. The van der Waals surface area contributed by atoms with Gasteiger partial charge in [-0.15, -0.1) is 0 Å². The van der Waals surface area contributed by atoms with Gasteiger partial charge in [0.25, 0.3) is 5.91 Å². The SMILES string of the molecule is CCCc1ccc(NC(=O)c2ccc(NN)nc2)cc1. The number of aryl methyl sites for hydroxylation is 1. The normalized spacial score (nSPS) is 10.1. The van der Waals surface area contributed by atoms with Crippen molar-refractivity contribution in [3.05, 3.63) is 53.7 Å². The number of amides is 1. The first-order valence-electron chi connectivity index (χ1n) is 6.56. The third-order valence-electron chi connectivity index (χ3n) is 2.92. The molecule has 1 aromatic carbocycles. The Hall–Kier alpha value is -2.40. The molecule has 0 radical (unpaired) electrons. The van der Waals surface area contributed by atoms with E-state index in [0.29, 0.717) is 11.4 Å². The fourth-order valence-electron chi connectivity index (χ4n) is 1.86. The molecule has 2 aromatic rings. The molecule has 2 rings (SSSR count). The predicted octanol–water partition coefficient (Wildman–Crippen LogP) is 2.57. The Kier molecular flexibility index (Phi) is 4.68. The Morgan fingerprint density at radius 1 is 1.20 bits per heavy atom. The molecule has 1 amide bonds. The summed E-state index contributed by atoms with van der Waals surface area (Å²) in [5.74, 6) is 5.55. The Balaban J connectivity index is 2.02. The van der Waals surface area contributed by atoms with Crippen LogP contribution in [-0.2, 0) is 6.42 Å². The number of hydrogen-bond acceptors (Lipinski definition) is 4. The van der Waals surface area contributed by atoms with E-state index in [9.17, 15) is 4.79 Å². The summed E-state index contributed by atoms with van der Waals surface area (Å²) in [5, 5.41) is 2.83. The molecule has 4 N–H and O–H groups in total. The number of nitrogens with two attached hydrogens (primary N) is 1. The van der Waals surface area contributed by atoms with Gasteiger partial charge in [-0.1, -0.05) is 25.5 Å². The maximum Gasteiger partial charge on any atom is 0.257 e. The van der Waals surface area contributed by atoms with E-state index in [2.05, 4.69) is 22.7 Å². The van der Waals surface area contributed by atoms with Crippen molar-refractivity contribution in [2.75, 3.05) is 10.7 Å². The summed E-state index contributed by atoms with van der Waals surface area (Å²) < 4.78 is 0. The first-order valence-corrected chi connectivity index (χ1v) is 6.56. The minimum absolute atomic E-state index is 0.190. The van der Waals surface area contributed by atoms with E-state index < -0.39 is 0 Å². The molecule has 0 aliphatic carbocycles. The van der Waals surface area contributed by atoms with Gasteiger partial charge in [0.1, 0.15) is 5.82 Å². The molecule has 0 unspecified atom stereocenters. The number of pyridine rings is 1. The van der Waals surface area contributed by atoms with Crippen LogP contribution in [-0.4, -0.2) is 10.9 Å². The zero-order valence-corrected chi connectivity index (χ0v) is 11.4. The van der Waals surface area contributed by atoms with Gasteiger partial charge >= 0.3 is 0 Å². The minimum atomic E-state index is -0.190. The second kappa shape index (κ2) is 6.68. The smallest absolute Gasteiger partial charge is 0.257 e. The van der Waals surface area contributed by atoms with Crippen molar-refractivity contribution < 1.29 is 4.79 Å². The van der Waals surface area contributed by atoms with Crippen LogP contribution in [0.4, 0.5) is 11.5 Å². The van der Waals surface area contributed by atoms with Gasteiger partial charge in [0.2, 0.25) is 0 Å². The number of hydrogen-bond donors (Lipinski definition) is 3. The molecule has 0 atom stereocenters. The summed E-state index contributed by atoms with van der Waals surface area (Å²) in [6.07, 6.45) is 3.64. The fraction of sp³-hybridized carbons (Fsp3) is 0.200. The van der Waals surface area contributed by atoms with Crippen molar-refractivity contribution >= 4 is 17.4 Å². The van der Waals surface area contributed by atoms with Gasteiger partial charge in [-0.3, -0.25) is 4.79 Å². The number of nitrogens with one attached hydrogen (secondary N) is 2. The minimum Gasteiger partial charge on any atom is -0.322 e. The summed E-state index contributed by atoms with van der Waals surface area (Å²) in [6, 6.07) is 11.2. The number of nitrogens with zero attached hydrogens (tertiary/aromatic N) is 1. The van der Waals surface area contributed by atoms with E-state index in [1.165, 1.54) is 11.8 Å². The average molecular weight is 270 g/mol. The van der Waals surface area contributed by atoms with Gasteiger partial charge in [-0.05, 0) is 36.2 Å². The van der Waals surface area contributed by atoms with Gasteiger partial charge in [0.15, 0.2) is 0 Å². The highest BCUT2D eigenvalue weighted by Crippen LogP contribution is 2.13. The molecule has 0 bridgehead atoms. The first-order chi connectivity index (χ1) is 9.72. The Morgan fingerprint density at radius 3 is 2.50 bits per heavy atom. The lowest BCUT2D eigenvalue weighted by Gasteiger charge is -2.06. The van der Waals surface area contributed by atoms with E-state index in [4.69, 9.17) is 5.84 Å². The standard InChI is InChI=1S/C15H18N4O/c1-2-3-11-4-7-13(8-5-11)18-15(20)12-6-9-14(19-16)17-10-12/h4-10H,2-3,16H2,1H3,(H,17,19)(H,18,20). The number of anilines is 2. The molecule has 104 valence electrons. The highest BCUT2D eigenvalue weighted by atomic mass is 16.1. The molecule has 0 aliphatic heterocycles. The summed E-state index contributed by atoms with van der Waals surface area (Å²) in [4.78, 5) is 16.0. The number of benzene rings is 1. The van der Waals surface area contributed by atoms with Crippen LogP contribution in [0.15, 0.2) is 42.6 Å². The topological polar surface area (TPSA) is 80.0 Å². The number of aromatic nitrogens is 1. The molecule has 0 aliphatic rings. The lowest BCUT2D eigenvalue weighted by molar-refractivity contribution is 0.102. The van der Waals surface area contributed by atoms with Gasteiger partial charge in [-0.2, -0.15) is 0 Å². The molecule has 0 spiro atoms. The van der Waals surface area contributed by atoms with Crippen molar-refractivity contribution in [3.63, 3.8) is 0 Å². The van der Waals surface area contributed by atoms with E-state index in [1.807, 2.05) is 24.3 Å². The highest BCUT2D eigenvalue weighted by Gasteiger charge is 2.06.